The smallest absolute Gasteiger partial charge is 0.261 e. The SMILES string of the molecule is C=C(/C=C/CN1CCOCC1)N1CC2(C1)CN(c1nc(-c3ccc(Oc4ccccc4)cc3)c(C(N)=O)s1)C2. The summed E-state index contributed by atoms with van der Waals surface area (Å²) in [6.45, 7) is 12.6. The largest absolute Gasteiger partial charge is 0.457 e. The van der Waals surface area contributed by atoms with Gasteiger partial charge in [-0.3, -0.25) is 9.69 Å². The van der Waals surface area contributed by atoms with E-state index in [2.05, 4.69) is 33.4 Å². The molecule has 1 aromatic heterocycles. The van der Waals surface area contributed by atoms with Crippen molar-refractivity contribution in [3.63, 3.8) is 0 Å². The third-order valence-electron chi connectivity index (χ3n) is 7.51. The number of carbonyl (C=O) groups excluding carboxylic acids is 1. The second kappa shape index (κ2) is 10.8. The fourth-order valence-electron chi connectivity index (χ4n) is 5.40. The molecular formula is C30H33N5O3S. The molecule has 3 saturated heterocycles. The zero-order chi connectivity index (χ0) is 26.8. The van der Waals surface area contributed by atoms with Crippen LogP contribution in [0.1, 0.15) is 9.67 Å². The first-order valence-corrected chi connectivity index (χ1v) is 14.1. The Hall–Kier alpha value is -3.66. The van der Waals surface area contributed by atoms with Crippen molar-refractivity contribution in [1.29, 1.82) is 0 Å². The summed E-state index contributed by atoms with van der Waals surface area (Å²) in [5.74, 6) is 1.04. The summed E-state index contributed by atoms with van der Waals surface area (Å²) in [6, 6.07) is 17.2. The summed E-state index contributed by atoms with van der Waals surface area (Å²) in [6.07, 6.45) is 4.34. The van der Waals surface area contributed by atoms with Crippen molar-refractivity contribution < 1.29 is 14.3 Å². The number of para-hydroxylation sites is 1. The Morgan fingerprint density at radius 3 is 2.44 bits per heavy atom. The maximum atomic E-state index is 12.3. The predicted molar refractivity (Wildman–Crippen MR) is 154 cm³/mol. The number of allylic oxidation sites excluding steroid dienone is 1. The van der Waals surface area contributed by atoms with Crippen LogP contribution in [0.25, 0.3) is 11.3 Å². The van der Waals surface area contributed by atoms with Crippen molar-refractivity contribution in [2.24, 2.45) is 11.1 Å². The highest BCUT2D eigenvalue weighted by molar-refractivity contribution is 7.18. The first kappa shape index (κ1) is 25.6. The molecule has 1 spiro atoms. The van der Waals surface area contributed by atoms with Gasteiger partial charge in [-0.1, -0.05) is 42.2 Å². The van der Waals surface area contributed by atoms with Crippen LogP contribution >= 0.6 is 11.3 Å². The fourth-order valence-corrected chi connectivity index (χ4v) is 6.34. The van der Waals surface area contributed by atoms with Gasteiger partial charge in [0.15, 0.2) is 5.13 Å². The lowest BCUT2D eigenvalue weighted by atomic mass is 9.73. The molecular weight excluding hydrogens is 510 g/mol. The quantitative estimate of drug-likeness (QED) is 0.405. The molecule has 0 radical (unpaired) electrons. The Kier molecular flexibility index (Phi) is 7.12. The minimum atomic E-state index is -0.455. The van der Waals surface area contributed by atoms with Crippen LogP contribution in [0.4, 0.5) is 5.13 Å². The molecule has 0 aliphatic carbocycles. The Morgan fingerprint density at radius 1 is 1.05 bits per heavy atom. The number of primary amides is 1. The number of thiazole rings is 1. The Morgan fingerprint density at radius 2 is 1.74 bits per heavy atom. The highest BCUT2D eigenvalue weighted by atomic mass is 32.1. The fraction of sp³-hybridized carbons (Fsp3) is 0.333. The normalized spacial score (nSPS) is 18.7. The third-order valence-corrected chi connectivity index (χ3v) is 8.64. The number of morpholine rings is 1. The van der Waals surface area contributed by atoms with Crippen molar-refractivity contribution in [1.82, 2.24) is 14.8 Å². The number of hydrogen-bond donors (Lipinski definition) is 1. The summed E-state index contributed by atoms with van der Waals surface area (Å²) in [4.78, 5) is 24.6. The lowest BCUT2D eigenvalue weighted by molar-refractivity contribution is 0.00667. The molecule has 8 nitrogen and oxygen atoms in total. The van der Waals surface area contributed by atoms with E-state index < -0.39 is 5.91 Å². The number of hydrogen-bond acceptors (Lipinski definition) is 8. The van der Waals surface area contributed by atoms with Crippen molar-refractivity contribution in [3.05, 3.63) is 83.9 Å². The van der Waals surface area contributed by atoms with Crippen molar-refractivity contribution in [3.8, 4) is 22.8 Å². The minimum absolute atomic E-state index is 0.260. The van der Waals surface area contributed by atoms with Crippen LogP contribution in [0.2, 0.25) is 0 Å². The van der Waals surface area contributed by atoms with Crippen LogP contribution in [-0.4, -0.2) is 79.7 Å². The average Bonchev–Trinajstić information content (AvgIpc) is 3.34. The molecule has 6 rings (SSSR count). The molecule has 0 atom stereocenters. The first-order valence-electron chi connectivity index (χ1n) is 13.3. The van der Waals surface area contributed by atoms with Gasteiger partial charge in [0.25, 0.3) is 5.91 Å². The maximum Gasteiger partial charge on any atom is 0.261 e. The van der Waals surface area contributed by atoms with E-state index in [1.165, 1.54) is 11.3 Å². The highest BCUT2D eigenvalue weighted by Crippen LogP contribution is 2.45. The second-order valence-corrected chi connectivity index (χ2v) is 11.5. The summed E-state index contributed by atoms with van der Waals surface area (Å²) in [5, 5.41) is 0.844. The van der Waals surface area contributed by atoms with Crippen LogP contribution in [0.3, 0.4) is 0 Å². The summed E-state index contributed by atoms with van der Waals surface area (Å²) >= 11 is 1.37. The lowest BCUT2D eigenvalue weighted by Crippen LogP contribution is -2.71. The predicted octanol–water partition coefficient (Wildman–Crippen LogP) is 4.23. The van der Waals surface area contributed by atoms with Crippen molar-refractivity contribution >= 4 is 22.4 Å². The number of likely N-dealkylation sites (tertiary alicyclic amines) is 1. The van der Waals surface area contributed by atoms with Gasteiger partial charge < -0.3 is 25.0 Å². The van der Waals surface area contributed by atoms with Gasteiger partial charge in [-0.05, 0) is 42.5 Å². The monoisotopic (exact) mass is 543 g/mol. The third kappa shape index (κ3) is 5.56. The first-order chi connectivity index (χ1) is 19.0. The average molecular weight is 544 g/mol. The van der Waals surface area contributed by atoms with Crippen LogP contribution in [-0.2, 0) is 4.74 Å². The highest BCUT2D eigenvalue weighted by Gasteiger charge is 2.52. The van der Waals surface area contributed by atoms with E-state index in [0.717, 1.165) is 86.9 Å². The molecule has 1 amide bonds. The van der Waals surface area contributed by atoms with Crippen molar-refractivity contribution in [2.45, 2.75) is 0 Å². The Bertz CT molecular complexity index is 1350. The number of ether oxygens (including phenoxy) is 2. The van der Waals surface area contributed by atoms with Gasteiger partial charge in [0.1, 0.15) is 16.4 Å². The number of anilines is 1. The molecule has 0 saturated carbocycles. The Balaban J connectivity index is 1.05. The Labute approximate surface area is 232 Å². The van der Waals surface area contributed by atoms with E-state index in [9.17, 15) is 4.79 Å². The molecule has 2 aromatic carbocycles. The molecule has 4 heterocycles. The number of amides is 1. The van der Waals surface area contributed by atoms with Crippen LogP contribution in [0.15, 0.2) is 79.0 Å². The lowest BCUT2D eigenvalue weighted by Gasteiger charge is -2.61. The van der Waals surface area contributed by atoms with Gasteiger partial charge in [-0.2, -0.15) is 0 Å². The van der Waals surface area contributed by atoms with Gasteiger partial charge in [0.2, 0.25) is 0 Å². The van der Waals surface area contributed by atoms with Gasteiger partial charge in [0.05, 0.1) is 18.9 Å². The number of aromatic nitrogens is 1. The van der Waals surface area contributed by atoms with E-state index in [1.807, 2.05) is 54.6 Å². The van der Waals surface area contributed by atoms with Crippen LogP contribution in [0, 0.1) is 5.41 Å². The van der Waals surface area contributed by atoms with Gasteiger partial charge >= 0.3 is 0 Å². The number of benzene rings is 2. The minimum Gasteiger partial charge on any atom is -0.457 e. The zero-order valence-electron chi connectivity index (χ0n) is 21.9. The molecule has 3 fully saturated rings. The molecule has 39 heavy (non-hydrogen) atoms. The van der Waals surface area contributed by atoms with E-state index >= 15 is 0 Å². The van der Waals surface area contributed by atoms with Gasteiger partial charge in [-0.25, -0.2) is 4.98 Å². The molecule has 2 N–H and O–H groups in total. The standard InChI is InChI=1S/C30H33N5O3S/c1-22(6-5-13-33-14-16-37-17-15-33)34-18-30(19-34)20-35(21-30)29-32-26(27(39-29)28(31)36)23-9-11-25(12-10-23)38-24-7-3-2-4-8-24/h2-12H,1,13-21H2,(H2,31,36)/b6-5+. The van der Waals surface area contributed by atoms with E-state index in [0.29, 0.717) is 10.6 Å². The number of nitrogens with two attached hydrogens (primary N) is 1. The summed E-state index contributed by atoms with van der Waals surface area (Å²) in [5.41, 5.74) is 8.54. The van der Waals surface area contributed by atoms with Gasteiger partial charge in [-0.15, -0.1) is 0 Å². The summed E-state index contributed by atoms with van der Waals surface area (Å²) < 4.78 is 11.3. The van der Waals surface area contributed by atoms with E-state index in [4.69, 9.17) is 20.2 Å². The molecule has 202 valence electrons. The summed E-state index contributed by atoms with van der Waals surface area (Å²) in [7, 11) is 0. The van der Waals surface area contributed by atoms with Crippen molar-refractivity contribution in [2.75, 3.05) is 63.9 Å². The molecule has 3 aliphatic rings. The number of carbonyl (C=O) groups is 1. The van der Waals surface area contributed by atoms with Gasteiger partial charge in [0, 0.05) is 62.5 Å². The molecule has 0 bridgehead atoms. The number of nitrogens with zero attached hydrogens (tertiary/aromatic N) is 4. The van der Waals surface area contributed by atoms with E-state index in [1.54, 1.807) is 0 Å². The number of rotatable bonds is 9. The topological polar surface area (TPSA) is 84.2 Å². The molecule has 3 aliphatic heterocycles. The zero-order valence-corrected chi connectivity index (χ0v) is 22.7. The molecule has 0 unspecified atom stereocenters. The molecule has 3 aromatic rings. The maximum absolute atomic E-state index is 12.3. The van der Waals surface area contributed by atoms with E-state index in [-0.39, 0.29) is 5.41 Å². The molecule has 9 heteroatoms. The van der Waals surface area contributed by atoms with Crippen LogP contribution in [0.5, 0.6) is 11.5 Å². The second-order valence-electron chi connectivity index (χ2n) is 10.5. The van der Waals surface area contributed by atoms with Crippen LogP contribution < -0.4 is 15.4 Å².